The van der Waals surface area contributed by atoms with Gasteiger partial charge in [0.2, 0.25) is 5.91 Å². The van der Waals surface area contributed by atoms with Crippen LogP contribution in [0.25, 0.3) is 0 Å². The summed E-state index contributed by atoms with van der Waals surface area (Å²) >= 11 is 0. The third-order valence-corrected chi connectivity index (χ3v) is 2.43. The highest BCUT2D eigenvalue weighted by atomic mass is 16.2. The Hall–Kier alpha value is -1.35. The van der Waals surface area contributed by atoms with Gasteiger partial charge in [-0.1, -0.05) is 39.0 Å². The highest BCUT2D eigenvalue weighted by Gasteiger charge is 2.21. The molecule has 0 fully saturated rings. The minimum absolute atomic E-state index is 0.0451. The average molecular weight is 234 g/mol. The lowest BCUT2D eigenvalue weighted by Gasteiger charge is -2.20. The predicted molar refractivity (Wildman–Crippen MR) is 71.9 cm³/mol. The molecule has 0 radical (unpaired) electrons. The molecule has 0 aromatic heterocycles. The summed E-state index contributed by atoms with van der Waals surface area (Å²) in [5.41, 5.74) is 1.67. The molecule has 1 amide bonds. The molecule has 0 spiro atoms. The number of hydrogen-bond donors (Lipinski definition) is 1. The Labute approximate surface area is 104 Å². The zero-order chi connectivity index (χ0) is 13.1. The van der Waals surface area contributed by atoms with Crippen molar-refractivity contribution in [2.45, 2.75) is 27.3 Å². The topological polar surface area (TPSA) is 32.3 Å². The lowest BCUT2D eigenvalue weighted by Crippen LogP contribution is -2.28. The zero-order valence-corrected chi connectivity index (χ0v) is 11.4. The van der Waals surface area contributed by atoms with Crippen LogP contribution in [0.2, 0.25) is 0 Å². The van der Waals surface area contributed by atoms with Crippen LogP contribution in [0.1, 0.15) is 26.3 Å². The molecule has 0 unspecified atom stereocenters. The van der Waals surface area contributed by atoms with Gasteiger partial charge < -0.3 is 10.2 Å². The fourth-order valence-corrected chi connectivity index (χ4v) is 1.43. The Balaban J connectivity index is 2.87. The number of nitrogens with one attached hydrogen (secondary N) is 1. The molecule has 3 nitrogen and oxygen atoms in total. The number of para-hydroxylation sites is 1. The number of carbonyl (C=O) groups is 1. The minimum atomic E-state index is -0.370. The minimum Gasteiger partial charge on any atom is -0.325 e. The van der Waals surface area contributed by atoms with Gasteiger partial charge in [-0.3, -0.25) is 4.79 Å². The fraction of sp³-hybridized carbons (Fsp3) is 0.500. The molecule has 1 aromatic rings. The van der Waals surface area contributed by atoms with E-state index in [0.717, 1.165) is 17.8 Å². The highest BCUT2D eigenvalue weighted by molar-refractivity contribution is 5.95. The summed E-state index contributed by atoms with van der Waals surface area (Å²) in [6.45, 7) is 6.56. The first-order valence-corrected chi connectivity index (χ1v) is 5.85. The SMILES string of the molecule is CN(C)Cc1ccccc1NC(=O)C(C)(C)C. The molecule has 1 aromatic carbocycles. The van der Waals surface area contributed by atoms with Crippen molar-refractivity contribution < 1.29 is 4.79 Å². The summed E-state index contributed by atoms with van der Waals surface area (Å²) in [7, 11) is 4.03. The molecule has 0 atom stereocenters. The number of anilines is 1. The van der Waals surface area contributed by atoms with E-state index in [9.17, 15) is 4.79 Å². The summed E-state index contributed by atoms with van der Waals surface area (Å²) in [5.74, 6) is 0.0451. The van der Waals surface area contributed by atoms with Gasteiger partial charge in [-0.05, 0) is 25.7 Å². The van der Waals surface area contributed by atoms with Gasteiger partial charge in [0.1, 0.15) is 0 Å². The average Bonchev–Trinajstić information content (AvgIpc) is 2.18. The van der Waals surface area contributed by atoms with E-state index in [0.29, 0.717) is 0 Å². The monoisotopic (exact) mass is 234 g/mol. The Morgan fingerprint density at radius 3 is 2.35 bits per heavy atom. The molecule has 17 heavy (non-hydrogen) atoms. The highest BCUT2D eigenvalue weighted by Crippen LogP contribution is 2.21. The van der Waals surface area contributed by atoms with E-state index in [1.54, 1.807) is 0 Å². The molecule has 94 valence electrons. The molecule has 0 aliphatic rings. The van der Waals surface area contributed by atoms with Gasteiger partial charge in [0, 0.05) is 17.6 Å². The summed E-state index contributed by atoms with van der Waals surface area (Å²) in [6.07, 6.45) is 0. The molecule has 1 rings (SSSR count). The predicted octanol–water partition coefficient (Wildman–Crippen LogP) is 2.73. The summed E-state index contributed by atoms with van der Waals surface area (Å²) < 4.78 is 0. The molecule has 1 N–H and O–H groups in total. The van der Waals surface area contributed by atoms with E-state index in [1.165, 1.54) is 0 Å². The van der Waals surface area contributed by atoms with Gasteiger partial charge in [0.25, 0.3) is 0 Å². The summed E-state index contributed by atoms with van der Waals surface area (Å²) in [6, 6.07) is 7.92. The molecule has 0 aliphatic carbocycles. The maximum absolute atomic E-state index is 11.9. The van der Waals surface area contributed by atoms with Crippen LogP contribution in [0, 0.1) is 5.41 Å². The van der Waals surface area contributed by atoms with Crippen LogP contribution < -0.4 is 5.32 Å². The smallest absolute Gasteiger partial charge is 0.229 e. The zero-order valence-electron chi connectivity index (χ0n) is 11.4. The third kappa shape index (κ3) is 4.19. The number of amides is 1. The van der Waals surface area contributed by atoms with Crippen molar-refractivity contribution in [2.24, 2.45) is 5.41 Å². The van der Waals surface area contributed by atoms with Gasteiger partial charge in [0.15, 0.2) is 0 Å². The molecular weight excluding hydrogens is 212 g/mol. The standard InChI is InChI=1S/C14H22N2O/c1-14(2,3)13(17)15-12-9-7-6-8-11(12)10-16(4)5/h6-9H,10H2,1-5H3,(H,15,17). The van der Waals surface area contributed by atoms with Crippen LogP contribution in [-0.2, 0) is 11.3 Å². The molecule has 0 heterocycles. The second-order valence-electron chi connectivity index (χ2n) is 5.60. The Morgan fingerprint density at radius 2 is 1.82 bits per heavy atom. The second-order valence-corrected chi connectivity index (χ2v) is 5.60. The van der Waals surface area contributed by atoms with Crippen molar-refractivity contribution in [1.29, 1.82) is 0 Å². The van der Waals surface area contributed by atoms with E-state index in [1.807, 2.05) is 59.1 Å². The lowest BCUT2D eigenvalue weighted by molar-refractivity contribution is -0.123. The molecule has 0 saturated heterocycles. The molecule has 0 saturated carbocycles. The maximum atomic E-state index is 11.9. The van der Waals surface area contributed by atoms with Gasteiger partial charge in [0.05, 0.1) is 0 Å². The van der Waals surface area contributed by atoms with Crippen LogP contribution in [0.3, 0.4) is 0 Å². The van der Waals surface area contributed by atoms with Gasteiger partial charge in [-0.15, -0.1) is 0 Å². The first-order valence-electron chi connectivity index (χ1n) is 5.85. The third-order valence-electron chi connectivity index (χ3n) is 2.43. The number of carbonyl (C=O) groups excluding carboxylic acids is 1. The first kappa shape index (κ1) is 13.7. The van der Waals surface area contributed by atoms with E-state index in [2.05, 4.69) is 10.2 Å². The van der Waals surface area contributed by atoms with E-state index < -0.39 is 0 Å². The Bertz CT molecular complexity index is 391. The molecule has 3 heteroatoms. The quantitative estimate of drug-likeness (QED) is 0.872. The maximum Gasteiger partial charge on any atom is 0.229 e. The van der Waals surface area contributed by atoms with E-state index in [4.69, 9.17) is 0 Å². The van der Waals surface area contributed by atoms with E-state index >= 15 is 0 Å². The lowest BCUT2D eigenvalue weighted by atomic mass is 9.95. The summed E-state index contributed by atoms with van der Waals surface area (Å²) in [4.78, 5) is 14.0. The summed E-state index contributed by atoms with van der Waals surface area (Å²) in [5, 5.41) is 2.99. The van der Waals surface area contributed by atoms with Gasteiger partial charge in [-0.25, -0.2) is 0 Å². The first-order chi connectivity index (χ1) is 7.80. The Morgan fingerprint density at radius 1 is 1.24 bits per heavy atom. The van der Waals surface area contributed by atoms with Crippen LogP contribution in [-0.4, -0.2) is 24.9 Å². The normalized spacial score (nSPS) is 11.6. The number of benzene rings is 1. The number of hydrogen-bond acceptors (Lipinski definition) is 2. The van der Waals surface area contributed by atoms with Crippen molar-refractivity contribution in [2.75, 3.05) is 19.4 Å². The van der Waals surface area contributed by atoms with Crippen LogP contribution in [0.4, 0.5) is 5.69 Å². The fourth-order valence-electron chi connectivity index (χ4n) is 1.43. The van der Waals surface area contributed by atoms with E-state index in [-0.39, 0.29) is 11.3 Å². The second kappa shape index (κ2) is 5.32. The van der Waals surface area contributed by atoms with Crippen LogP contribution in [0.5, 0.6) is 0 Å². The van der Waals surface area contributed by atoms with Crippen LogP contribution >= 0.6 is 0 Å². The van der Waals surface area contributed by atoms with Crippen molar-refractivity contribution in [3.63, 3.8) is 0 Å². The molecule has 0 bridgehead atoms. The van der Waals surface area contributed by atoms with Crippen LogP contribution in [0.15, 0.2) is 24.3 Å². The molecule has 0 aliphatic heterocycles. The van der Waals surface area contributed by atoms with Crippen molar-refractivity contribution in [3.8, 4) is 0 Å². The van der Waals surface area contributed by atoms with Crippen molar-refractivity contribution in [1.82, 2.24) is 4.90 Å². The Kier molecular flexibility index (Phi) is 4.29. The number of rotatable bonds is 3. The van der Waals surface area contributed by atoms with Crippen molar-refractivity contribution in [3.05, 3.63) is 29.8 Å². The number of nitrogens with zero attached hydrogens (tertiary/aromatic N) is 1. The molecular formula is C14H22N2O. The largest absolute Gasteiger partial charge is 0.325 e. The van der Waals surface area contributed by atoms with Crippen molar-refractivity contribution >= 4 is 11.6 Å². The van der Waals surface area contributed by atoms with Gasteiger partial charge >= 0.3 is 0 Å². The van der Waals surface area contributed by atoms with Gasteiger partial charge in [-0.2, -0.15) is 0 Å².